The zero-order valence-electron chi connectivity index (χ0n) is 9.63. The molecule has 0 rings (SSSR count). The molecule has 0 saturated carbocycles. The van der Waals surface area contributed by atoms with Crippen LogP contribution in [0.5, 0.6) is 0 Å². The van der Waals surface area contributed by atoms with E-state index in [0.717, 1.165) is 0 Å². The van der Waals surface area contributed by atoms with Gasteiger partial charge in [-0.05, 0) is 6.92 Å². The van der Waals surface area contributed by atoms with Crippen LogP contribution in [0.25, 0.3) is 0 Å². The number of methoxy groups -OCH3 is 1. The predicted molar refractivity (Wildman–Crippen MR) is 51.6 cm³/mol. The molecule has 0 aromatic heterocycles. The first kappa shape index (κ1) is 16.2. The summed E-state index contributed by atoms with van der Waals surface area (Å²) in [5, 5.41) is 9.37. The third-order valence-electron chi connectivity index (χ3n) is 1.79. The first-order chi connectivity index (χ1) is 5.79. The summed E-state index contributed by atoms with van der Waals surface area (Å²) in [4.78, 5) is 11.4. The van der Waals surface area contributed by atoms with Crippen molar-refractivity contribution in [3.05, 3.63) is 11.8 Å². The zero-order chi connectivity index (χ0) is 10.6. The molecule has 0 heterocycles. The molecule has 0 aromatic rings. The minimum absolute atomic E-state index is 0. The van der Waals surface area contributed by atoms with Crippen LogP contribution < -0.4 is 0 Å². The van der Waals surface area contributed by atoms with Crippen LogP contribution in [0.2, 0.25) is 0 Å². The molecule has 0 amide bonds. The van der Waals surface area contributed by atoms with Crippen LogP contribution in [0.1, 0.15) is 27.7 Å². The number of carbonyl (C=O) groups is 1. The first-order valence-corrected chi connectivity index (χ1v) is 4.27. The molecule has 0 saturated heterocycles. The summed E-state index contributed by atoms with van der Waals surface area (Å²) in [6.45, 7) is 7.09. The first-order valence-electron chi connectivity index (χ1n) is 4.27. The van der Waals surface area contributed by atoms with Crippen molar-refractivity contribution in [3.63, 3.8) is 0 Å². The van der Waals surface area contributed by atoms with Gasteiger partial charge in [0.05, 0.1) is 0 Å². The van der Waals surface area contributed by atoms with Gasteiger partial charge in [0.25, 0.3) is 0 Å². The molecule has 78 valence electrons. The molecule has 14 heavy (non-hydrogen) atoms. The van der Waals surface area contributed by atoms with Gasteiger partial charge in [-0.1, -0.05) is 20.8 Å². The van der Waals surface area contributed by atoms with Crippen molar-refractivity contribution < 1.29 is 34.1 Å². The van der Waals surface area contributed by atoms with Crippen molar-refractivity contribution in [1.29, 1.82) is 0 Å². The molecule has 0 aromatic carbocycles. The Labute approximate surface area is 98.3 Å². The van der Waals surface area contributed by atoms with Crippen LogP contribution in [-0.2, 0) is 29.0 Å². The Morgan fingerprint density at radius 2 is 1.86 bits per heavy atom. The number of carbonyl (C=O) groups excluding carboxylic acids is 1. The molecule has 3 nitrogen and oxygen atoms in total. The van der Waals surface area contributed by atoms with Crippen molar-refractivity contribution in [1.82, 2.24) is 0 Å². The van der Waals surface area contributed by atoms with Crippen LogP contribution in [-0.4, -0.2) is 24.1 Å². The summed E-state index contributed by atoms with van der Waals surface area (Å²) in [6, 6.07) is 0. The molecule has 0 fully saturated rings. The number of ketones is 1. The van der Waals surface area contributed by atoms with E-state index in [-0.39, 0.29) is 31.0 Å². The molecular weight excluding hydrogens is 233 g/mol. The van der Waals surface area contributed by atoms with Gasteiger partial charge in [0, 0.05) is 38.1 Å². The van der Waals surface area contributed by atoms with Crippen LogP contribution >= 0.6 is 0 Å². The van der Waals surface area contributed by atoms with Gasteiger partial charge in [-0.2, -0.15) is 0 Å². The second kappa shape index (κ2) is 6.31. The average molecular weight is 252 g/mol. The third kappa shape index (κ3) is 5.51. The quantitative estimate of drug-likeness (QED) is 0.475. The second-order valence-corrected chi connectivity index (χ2v) is 4.06. The Balaban J connectivity index is 0. The second-order valence-electron chi connectivity index (χ2n) is 4.06. The van der Waals surface area contributed by atoms with Crippen LogP contribution in [0.15, 0.2) is 11.8 Å². The largest absolute Gasteiger partial charge is 0.509 e. The Hall–Kier alpha value is -0.207. The van der Waals surface area contributed by atoms with Gasteiger partial charge in [0.2, 0.25) is 0 Å². The van der Waals surface area contributed by atoms with E-state index in [0.29, 0.717) is 0 Å². The standard InChI is InChI=1S/C10H18O3.Zn/c1-7(13-5)8(11)6-9(12)10(2,3)4;/h6-7,11H,1-5H3;/b8-6-;. The average Bonchev–Trinajstić information content (AvgIpc) is 2.01. The van der Waals surface area contributed by atoms with Gasteiger partial charge in [0.15, 0.2) is 5.78 Å². The molecule has 0 aliphatic rings. The van der Waals surface area contributed by atoms with E-state index in [2.05, 4.69) is 0 Å². The van der Waals surface area contributed by atoms with Crippen LogP contribution in [0, 0.1) is 5.41 Å². The SMILES string of the molecule is COC(C)/C(O)=C/C(=O)C(C)(C)C.[Zn]. The van der Waals surface area contributed by atoms with Gasteiger partial charge in [0.1, 0.15) is 11.9 Å². The Kier molecular flexibility index (Phi) is 7.32. The molecular formula is C10H18O3Zn. The van der Waals surface area contributed by atoms with Gasteiger partial charge in [-0.3, -0.25) is 4.79 Å². The normalized spacial score (nSPS) is 14.5. The molecule has 0 spiro atoms. The molecule has 0 aliphatic heterocycles. The Morgan fingerprint density at radius 1 is 1.43 bits per heavy atom. The minimum atomic E-state index is -0.457. The summed E-state index contributed by atoms with van der Waals surface area (Å²) in [5.41, 5.74) is -0.457. The number of aliphatic hydroxyl groups is 1. The monoisotopic (exact) mass is 250 g/mol. The van der Waals surface area contributed by atoms with E-state index in [1.807, 2.05) is 0 Å². The molecule has 1 N–H and O–H groups in total. The van der Waals surface area contributed by atoms with Crippen molar-refractivity contribution >= 4 is 5.78 Å². The van der Waals surface area contributed by atoms with Crippen molar-refractivity contribution in [2.45, 2.75) is 33.8 Å². The van der Waals surface area contributed by atoms with E-state index < -0.39 is 11.5 Å². The molecule has 1 unspecified atom stereocenters. The fraction of sp³-hybridized carbons (Fsp3) is 0.700. The summed E-state index contributed by atoms with van der Waals surface area (Å²) in [7, 11) is 1.48. The molecule has 1 atom stereocenters. The Morgan fingerprint density at radius 3 is 2.14 bits per heavy atom. The third-order valence-corrected chi connectivity index (χ3v) is 1.79. The fourth-order valence-electron chi connectivity index (χ4n) is 0.589. The van der Waals surface area contributed by atoms with Crippen molar-refractivity contribution in [2.24, 2.45) is 5.41 Å². The maximum atomic E-state index is 11.4. The number of hydrogen-bond donors (Lipinski definition) is 1. The molecule has 4 heteroatoms. The van der Waals surface area contributed by atoms with Gasteiger partial charge >= 0.3 is 0 Å². The van der Waals surface area contributed by atoms with E-state index in [9.17, 15) is 9.90 Å². The van der Waals surface area contributed by atoms with Gasteiger partial charge in [-0.25, -0.2) is 0 Å². The molecule has 0 radical (unpaired) electrons. The van der Waals surface area contributed by atoms with Crippen LogP contribution in [0.3, 0.4) is 0 Å². The topological polar surface area (TPSA) is 46.5 Å². The summed E-state index contributed by atoms with van der Waals surface area (Å²) in [5.74, 6) is -0.128. The van der Waals surface area contributed by atoms with Crippen molar-refractivity contribution in [2.75, 3.05) is 7.11 Å². The zero-order valence-corrected chi connectivity index (χ0v) is 12.6. The molecule has 0 aliphatic carbocycles. The van der Waals surface area contributed by atoms with Gasteiger partial charge in [-0.15, -0.1) is 0 Å². The number of rotatable bonds is 3. The van der Waals surface area contributed by atoms with Gasteiger partial charge < -0.3 is 9.84 Å². The van der Waals surface area contributed by atoms with E-state index in [1.165, 1.54) is 13.2 Å². The number of ether oxygens (including phenoxy) is 1. The summed E-state index contributed by atoms with van der Waals surface area (Å²) >= 11 is 0. The predicted octanol–water partition coefficient (Wildman–Crippen LogP) is 2.08. The van der Waals surface area contributed by atoms with Crippen molar-refractivity contribution in [3.8, 4) is 0 Å². The molecule has 0 bridgehead atoms. The maximum absolute atomic E-state index is 11.4. The van der Waals surface area contributed by atoms with Crippen LogP contribution in [0.4, 0.5) is 0 Å². The van der Waals surface area contributed by atoms with E-state index in [4.69, 9.17) is 4.74 Å². The fourth-order valence-corrected chi connectivity index (χ4v) is 0.589. The van der Waals surface area contributed by atoms with E-state index in [1.54, 1.807) is 27.7 Å². The summed E-state index contributed by atoms with van der Waals surface area (Å²) in [6.07, 6.45) is 0.806. The number of aliphatic hydroxyl groups excluding tert-OH is 1. The summed E-state index contributed by atoms with van der Waals surface area (Å²) < 4.78 is 4.85. The van der Waals surface area contributed by atoms with E-state index >= 15 is 0 Å². The number of allylic oxidation sites excluding steroid dienone is 1. The number of hydrogen-bond acceptors (Lipinski definition) is 3. The maximum Gasteiger partial charge on any atom is 0.164 e. The minimum Gasteiger partial charge on any atom is -0.509 e. The Bertz CT molecular complexity index is 216. The smallest absolute Gasteiger partial charge is 0.164 e.